The number of rotatable bonds is 9. The summed E-state index contributed by atoms with van der Waals surface area (Å²) in [4.78, 5) is 30.9. The molecule has 1 aliphatic rings. The number of hydrogen-bond acceptors (Lipinski definition) is 6. The second-order valence-corrected chi connectivity index (χ2v) is 9.50. The van der Waals surface area contributed by atoms with Crippen molar-refractivity contribution in [2.24, 2.45) is 5.92 Å². The molecule has 35 heavy (non-hydrogen) atoms. The Bertz CT molecular complexity index is 1010. The molecule has 1 amide bonds. The molecule has 0 aliphatic heterocycles. The maximum atomic E-state index is 12.3. The quantitative estimate of drug-likeness (QED) is 0.413. The average Bonchev–Trinajstić information content (AvgIpc) is 2.84. The largest absolute Gasteiger partial charge is 0.489 e. The van der Waals surface area contributed by atoms with Crippen LogP contribution in [-0.2, 0) is 20.9 Å². The highest BCUT2D eigenvalue weighted by atomic mass is 16.6. The van der Waals surface area contributed by atoms with Crippen molar-refractivity contribution in [3.05, 3.63) is 47.7 Å². The standard InChI is InChI=1S/C28H38N2O5/c1-6-16-30(5)28(32)33-18-22-10-7-8-13-24(22)25-14-15-26(20(4)29-25)35-23-12-9-11-21(17-23)27(31)34-19(2)3/h7-8,10,13-15,19,21,23H,6,9,11-12,16-18H2,1-5H3/t21-,23-/m0/s1. The highest BCUT2D eigenvalue weighted by Crippen LogP contribution is 2.31. The Morgan fingerprint density at radius 3 is 2.63 bits per heavy atom. The third kappa shape index (κ3) is 7.44. The first kappa shape index (κ1) is 26.5. The number of carbonyl (C=O) groups is 2. The summed E-state index contributed by atoms with van der Waals surface area (Å²) in [6.07, 6.45) is 3.75. The van der Waals surface area contributed by atoms with E-state index in [9.17, 15) is 9.59 Å². The van der Waals surface area contributed by atoms with Crippen molar-refractivity contribution in [3.63, 3.8) is 0 Å². The molecule has 0 spiro atoms. The van der Waals surface area contributed by atoms with E-state index >= 15 is 0 Å². The van der Waals surface area contributed by atoms with Gasteiger partial charge in [-0.3, -0.25) is 4.79 Å². The molecule has 0 bridgehead atoms. The molecule has 1 fully saturated rings. The van der Waals surface area contributed by atoms with Gasteiger partial charge in [0.05, 0.1) is 29.5 Å². The number of ether oxygens (including phenoxy) is 3. The van der Waals surface area contributed by atoms with Gasteiger partial charge in [0.1, 0.15) is 12.4 Å². The van der Waals surface area contributed by atoms with Crippen LogP contribution in [0.3, 0.4) is 0 Å². The summed E-state index contributed by atoms with van der Waals surface area (Å²) in [5, 5.41) is 0. The van der Waals surface area contributed by atoms with Crippen LogP contribution in [0.15, 0.2) is 36.4 Å². The smallest absolute Gasteiger partial charge is 0.409 e. The fraction of sp³-hybridized carbons (Fsp3) is 0.536. The first-order valence-electron chi connectivity index (χ1n) is 12.6. The fourth-order valence-electron chi connectivity index (χ4n) is 4.37. The molecular weight excluding hydrogens is 444 g/mol. The predicted molar refractivity (Wildman–Crippen MR) is 135 cm³/mol. The lowest BCUT2D eigenvalue weighted by Gasteiger charge is -2.29. The topological polar surface area (TPSA) is 78.0 Å². The number of pyridine rings is 1. The van der Waals surface area contributed by atoms with Gasteiger partial charge in [-0.1, -0.05) is 31.2 Å². The van der Waals surface area contributed by atoms with E-state index in [-0.39, 0.29) is 36.8 Å². The predicted octanol–water partition coefficient (Wildman–Crippen LogP) is 5.92. The van der Waals surface area contributed by atoms with E-state index in [0.29, 0.717) is 13.0 Å². The van der Waals surface area contributed by atoms with Gasteiger partial charge in [-0.05, 0) is 70.6 Å². The zero-order valence-electron chi connectivity index (χ0n) is 21.6. The van der Waals surface area contributed by atoms with Crippen LogP contribution in [0.25, 0.3) is 11.3 Å². The molecule has 2 atom stereocenters. The third-order valence-electron chi connectivity index (χ3n) is 6.16. The lowest BCUT2D eigenvalue weighted by Crippen LogP contribution is -2.31. The number of amides is 1. The average molecular weight is 483 g/mol. The van der Waals surface area contributed by atoms with Crippen molar-refractivity contribution in [1.29, 1.82) is 0 Å². The Morgan fingerprint density at radius 1 is 1.14 bits per heavy atom. The lowest BCUT2D eigenvalue weighted by atomic mass is 9.87. The molecule has 2 aromatic rings. The minimum atomic E-state index is -0.336. The Morgan fingerprint density at radius 2 is 1.91 bits per heavy atom. The molecule has 7 heteroatoms. The molecule has 3 rings (SSSR count). The van der Waals surface area contributed by atoms with Crippen molar-refractivity contribution in [3.8, 4) is 17.0 Å². The first-order chi connectivity index (χ1) is 16.8. The Labute approximate surface area is 208 Å². The van der Waals surface area contributed by atoms with E-state index < -0.39 is 0 Å². The van der Waals surface area contributed by atoms with Crippen molar-refractivity contribution in [1.82, 2.24) is 9.88 Å². The second-order valence-electron chi connectivity index (χ2n) is 9.50. The van der Waals surface area contributed by atoms with Gasteiger partial charge in [0, 0.05) is 19.2 Å². The van der Waals surface area contributed by atoms with Gasteiger partial charge in [-0.15, -0.1) is 0 Å². The van der Waals surface area contributed by atoms with E-state index in [1.807, 2.05) is 64.1 Å². The monoisotopic (exact) mass is 482 g/mol. The van der Waals surface area contributed by atoms with Gasteiger partial charge in [0.25, 0.3) is 0 Å². The molecule has 190 valence electrons. The molecule has 0 N–H and O–H groups in total. The van der Waals surface area contributed by atoms with Crippen LogP contribution in [0.1, 0.15) is 64.1 Å². The summed E-state index contributed by atoms with van der Waals surface area (Å²) in [6, 6.07) is 11.7. The molecule has 1 heterocycles. The normalized spacial score (nSPS) is 17.7. The van der Waals surface area contributed by atoms with Crippen LogP contribution in [0, 0.1) is 12.8 Å². The summed E-state index contributed by atoms with van der Waals surface area (Å²) in [6.45, 7) is 8.53. The summed E-state index contributed by atoms with van der Waals surface area (Å²) >= 11 is 0. The van der Waals surface area contributed by atoms with Crippen molar-refractivity contribution >= 4 is 12.1 Å². The highest BCUT2D eigenvalue weighted by Gasteiger charge is 2.30. The number of aromatic nitrogens is 1. The van der Waals surface area contributed by atoms with Gasteiger partial charge in [-0.2, -0.15) is 0 Å². The van der Waals surface area contributed by atoms with Gasteiger partial charge in [0.15, 0.2) is 0 Å². The molecule has 7 nitrogen and oxygen atoms in total. The van der Waals surface area contributed by atoms with E-state index in [1.54, 1.807) is 11.9 Å². The molecule has 1 aromatic heterocycles. The summed E-state index contributed by atoms with van der Waals surface area (Å²) in [5.41, 5.74) is 3.39. The summed E-state index contributed by atoms with van der Waals surface area (Å²) in [5.74, 6) is 0.480. The van der Waals surface area contributed by atoms with Gasteiger partial charge >= 0.3 is 12.1 Å². The molecule has 0 radical (unpaired) electrons. The van der Waals surface area contributed by atoms with Crippen LogP contribution >= 0.6 is 0 Å². The molecule has 1 aliphatic carbocycles. The van der Waals surface area contributed by atoms with Crippen molar-refractivity contribution in [2.45, 2.75) is 78.6 Å². The van der Waals surface area contributed by atoms with Crippen LogP contribution in [0.4, 0.5) is 4.79 Å². The van der Waals surface area contributed by atoms with Gasteiger partial charge in [0.2, 0.25) is 0 Å². The van der Waals surface area contributed by atoms with Crippen molar-refractivity contribution in [2.75, 3.05) is 13.6 Å². The SMILES string of the molecule is CCCN(C)C(=O)OCc1ccccc1-c1ccc(O[C@H]2CCC[C@H](C(=O)OC(C)C)C2)c(C)n1. The lowest BCUT2D eigenvalue weighted by molar-refractivity contribution is -0.154. The van der Waals surface area contributed by atoms with E-state index in [0.717, 1.165) is 53.9 Å². The molecule has 1 aromatic carbocycles. The molecular formula is C28H38N2O5. The van der Waals surface area contributed by atoms with Crippen LogP contribution in [-0.4, -0.2) is 47.7 Å². The summed E-state index contributed by atoms with van der Waals surface area (Å²) in [7, 11) is 1.74. The van der Waals surface area contributed by atoms with Gasteiger partial charge < -0.3 is 19.1 Å². The molecule has 0 saturated heterocycles. The highest BCUT2D eigenvalue weighted by molar-refractivity contribution is 5.72. The number of esters is 1. The van der Waals surface area contributed by atoms with Crippen molar-refractivity contribution < 1.29 is 23.8 Å². The number of carbonyl (C=O) groups excluding carboxylic acids is 2. The number of hydrogen-bond donors (Lipinski definition) is 0. The summed E-state index contributed by atoms with van der Waals surface area (Å²) < 4.78 is 17.2. The first-order valence-corrected chi connectivity index (χ1v) is 12.6. The Kier molecular flexibility index (Phi) is 9.52. The number of aryl methyl sites for hydroxylation is 1. The zero-order chi connectivity index (χ0) is 25.4. The Hall–Kier alpha value is -3.09. The van der Waals surface area contributed by atoms with Gasteiger partial charge in [-0.25, -0.2) is 9.78 Å². The van der Waals surface area contributed by atoms with E-state index in [4.69, 9.17) is 19.2 Å². The zero-order valence-corrected chi connectivity index (χ0v) is 21.6. The van der Waals surface area contributed by atoms with Crippen LogP contribution in [0.5, 0.6) is 5.75 Å². The minimum absolute atomic E-state index is 0.0355. The minimum Gasteiger partial charge on any atom is -0.489 e. The van der Waals surface area contributed by atoms with Crippen LogP contribution in [0.2, 0.25) is 0 Å². The maximum absolute atomic E-state index is 12.3. The fourth-order valence-corrected chi connectivity index (χ4v) is 4.37. The van der Waals surface area contributed by atoms with E-state index in [1.165, 1.54) is 0 Å². The maximum Gasteiger partial charge on any atom is 0.409 e. The van der Waals surface area contributed by atoms with Crippen LogP contribution < -0.4 is 4.74 Å². The molecule has 1 saturated carbocycles. The van der Waals surface area contributed by atoms with E-state index in [2.05, 4.69) is 0 Å². The number of benzene rings is 1. The number of nitrogens with zero attached hydrogens (tertiary/aromatic N) is 2. The second kappa shape index (κ2) is 12.6. The molecule has 0 unspecified atom stereocenters. The third-order valence-corrected chi connectivity index (χ3v) is 6.16. The Balaban J connectivity index is 1.67.